The van der Waals surface area contributed by atoms with Crippen LogP contribution >= 0.6 is 0 Å². The van der Waals surface area contributed by atoms with Crippen LogP contribution in [-0.2, 0) is 4.74 Å². The van der Waals surface area contributed by atoms with Gasteiger partial charge in [0.05, 0.1) is 12.2 Å². The highest BCUT2D eigenvalue weighted by molar-refractivity contribution is 5.96. The van der Waals surface area contributed by atoms with Gasteiger partial charge in [0, 0.05) is 36.7 Å². The third-order valence-corrected chi connectivity index (χ3v) is 4.97. The first-order chi connectivity index (χ1) is 10.1. The van der Waals surface area contributed by atoms with Crippen LogP contribution < -0.4 is 0 Å². The maximum atomic E-state index is 12.6. The summed E-state index contributed by atoms with van der Waals surface area (Å²) in [7, 11) is 0. The van der Waals surface area contributed by atoms with Crippen molar-refractivity contribution in [3.05, 3.63) is 29.6 Å². The Hall–Kier alpha value is -1.95. The predicted octanol–water partition coefficient (Wildman–Crippen LogP) is 1.03. The number of rotatable bonds is 2. The minimum absolute atomic E-state index is 0.0938. The summed E-state index contributed by atoms with van der Waals surface area (Å²) in [4.78, 5) is 29.1. The number of nitrogens with zero attached hydrogens (tertiary/aromatic N) is 2. The second-order valence-corrected chi connectivity index (χ2v) is 6.06. The zero-order chi connectivity index (χ0) is 14.6. The fraction of sp³-hybridized carbons (Fsp3) is 0.533. The maximum Gasteiger partial charge on any atom is 0.354 e. The second-order valence-electron chi connectivity index (χ2n) is 6.06. The lowest BCUT2D eigenvalue weighted by atomic mass is 9.82. The van der Waals surface area contributed by atoms with Gasteiger partial charge in [0.15, 0.2) is 0 Å². The van der Waals surface area contributed by atoms with Crippen molar-refractivity contribution in [2.75, 3.05) is 13.1 Å². The fourth-order valence-corrected chi connectivity index (χ4v) is 3.99. The number of hydrogen-bond acceptors (Lipinski definition) is 4. The molecule has 110 valence electrons. The Bertz CT molecular complexity index is 599. The molecule has 6 nitrogen and oxygen atoms in total. The van der Waals surface area contributed by atoms with Crippen LogP contribution in [0.5, 0.6) is 0 Å². The molecule has 2 bridgehead atoms. The lowest BCUT2D eigenvalue weighted by molar-refractivity contribution is 0.0594. The summed E-state index contributed by atoms with van der Waals surface area (Å²) in [6.45, 7) is 1.44. The molecule has 1 aromatic heterocycles. The molecule has 4 unspecified atom stereocenters. The summed E-state index contributed by atoms with van der Waals surface area (Å²) in [5.41, 5.74) is 0.305. The molecule has 3 fully saturated rings. The molecule has 4 atom stereocenters. The molecule has 1 N–H and O–H groups in total. The molecule has 4 heterocycles. The molecule has 3 aliphatic heterocycles. The van der Waals surface area contributed by atoms with Crippen LogP contribution in [0.2, 0.25) is 0 Å². The first-order valence-corrected chi connectivity index (χ1v) is 7.27. The minimum Gasteiger partial charge on any atom is -0.477 e. The number of hydrogen-bond donors (Lipinski definition) is 1. The largest absolute Gasteiger partial charge is 0.477 e. The average Bonchev–Trinajstić information content (AvgIpc) is 3.18. The Kier molecular flexibility index (Phi) is 2.75. The third kappa shape index (κ3) is 1.93. The molecular formula is C15H16N2O4. The van der Waals surface area contributed by atoms with E-state index in [-0.39, 0.29) is 11.6 Å². The van der Waals surface area contributed by atoms with Crippen LogP contribution in [0, 0.1) is 11.8 Å². The standard InChI is InChI=1S/C15H16N2O4/c18-14(8-3-4-16-11(5-8)15(19)20)17-6-9-10(7-17)13-2-1-12(9)21-13/h3-5,9-10,12-13H,1-2,6-7H2,(H,19,20). The van der Waals surface area contributed by atoms with E-state index in [0.717, 1.165) is 25.9 Å². The number of pyridine rings is 1. The number of carboxylic acids is 1. The van der Waals surface area contributed by atoms with Crippen molar-refractivity contribution in [3.63, 3.8) is 0 Å². The van der Waals surface area contributed by atoms with Crippen molar-refractivity contribution in [1.82, 2.24) is 9.88 Å². The molecule has 1 amide bonds. The normalized spacial score (nSPS) is 33.2. The molecule has 6 heteroatoms. The van der Waals surface area contributed by atoms with E-state index in [4.69, 9.17) is 9.84 Å². The summed E-state index contributed by atoms with van der Waals surface area (Å²) in [6, 6.07) is 2.93. The van der Waals surface area contributed by atoms with Gasteiger partial charge in [-0.25, -0.2) is 9.78 Å². The topological polar surface area (TPSA) is 79.7 Å². The Morgan fingerprint density at radius 3 is 2.52 bits per heavy atom. The van der Waals surface area contributed by atoms with E-state index in [1.54, 1.807) is 6.07 Å². The second kappa shape index (κ2) is 4.53. The van der Waals surface area contributed by atoms with Gasteiger partial charge in [0.25, 0.3) is 5.91 Å². The number of carbonyl (C=O) groups is 2. The Morgan fingerprint density at radius 1 is 1.24 bits per heavy atom. The maximum absolute atomic E-state index is 12.6. The van der Waals surface area contributed by atoms with Gasteiger partial charge in [-0.1, -0.05) is 0 Å². The van der Waals surface area contributed by atoms with Crippen LogP contribution in [0.4, 0.5) is 0 Å². The SMILES string of the molecule is O=C(O)c1cc(C(=O)N2CC3C4CCC(O4)C3C2)ccn1. The van der Waals surface area contributed by atoms with E-state index in [9.17, 15) is 9.59 Å². The monoisotopic (exact) mass is 288 g/mol. The van der Waals surface area contributed by atoms with Crippen molar-refractivity contribution in [1.29, 1.82) is 0 Å². The Morgan fingerprint density at radius 2 is 1.90 bits per heavy atom. The number of ether oxygens (including phenoxy) is 1. The van der Waals surface area contributed by atoms with E-state index >= 15 is 0 Å². The first kappa shape index (κ1) is 12.8. The number of aromatic carboxylic acids is 1. The smallest absolute Gasteiger partial charge is 0.354 e. The molecule has 0 radical (unpaired) electrons. The van der Waals surface area contributed by atoms with Crippen LogP contribution in [0.25, 0.3) is 0 Å². The van der Waals surface area contributed by atoms with Gasteiger partial charge >= 0.3 is 5.97 Å². The van der Waals surface area contributed by atoms with Gasteiger partial charge in [-0.3, -0.25) is 4.79 Å². The molecule has 1 aromatic rings. The van der Waals surface area contributed by atoms with Crippen LogP contribution in [0.15, 0.2) is 18.3 Å². The van der Waals surface area contributed by atoms with E-state index in [1.807, 2.05) is 4.90 Å². The number of fused-ring (bicyclic) bond motifs is 5. The molecule has 3 aliphatic rings. The summed E-state index contributed by atoms with van der Waals surface area (Å²) in [5, 5.41) is 8.96. The lowest BCUT2D eigenvalue weighted by Crippen LogP contribution is -2.31. The Labute approximate surface area is 121 Å². The van der Waals surface area contributed by atoms with Gasteiger partial charge in [-0.15, -0.1) is 0 Å². The molecule has 3 saturated heterocycles. The minimum atomic E-state index is -1.12. The van der Waals surface area contributed by atoms with Gasteiger partial charge in [-0.05, 0) is 25.0 Å². The fourth-order valence-electron chi connectivity index (χ4n) is 3.99. The number of likely N-dealkylation sites (tertiary alicyclic amines) is 1. The number of aromatic nitrogens is 1. The van der Waals surface area contributed by atoms with Crippen molar-refractivity contribution >= 4 is 11.9 Å². The molecule has 0 aliphatic carbocycles. The highest BCUT2D eigenvalue weighted by Crippen LogP contribution is 2.47. The van der Waals surface area contributed by atoms with E-state index in [0.29, 0.717) is 29.6 Å². The molecule has 0 saturated carbocycles. The molecule has 0 aromatic carbocycles. The van der Waals surface area contributed by atoms with Crippen molar-refractivity contribution in [2.45, 2.75) is 25.0 Å². The number of carboxylic acid groups (broad SMARTS) is 1. The van der Waals surface area contributed by atoms with Gasteiger partial charge in [0.1, 0.15) is 5.69 Å². The van der Waals surface area contributed by atoms with Crippen molar-refractivity contribution in [2.24, 2.45) is 11.8 Å². The highest BCUT2D eigenvalue weighted by Gasteiger charge is 2.53. The zero-order valence-corrected chi connectivity index (χ0v) is 11.4. The molecule has 4 rings (SSSR count). The predicted molar refractivity (Wildman–Crippen MR) is 72.0 cm³/mol. The number of carbonyl (C=O) groups excluding carboxylic acids is 1. The zero-order valence-electron chi connectivity index (χ0n) is 11.4. The van der Waals surface area contributed by atoms with Crippen LogP contribution in [-0.4, -0.2) is 52.2 Å². The van der Waals surface area contributed by atoms with Gasteiger partial charge < -0.3 is 14.7 Å². The summed E-state index contributed by atoms with van der Waals surface area (Å²) < 4.78 is 5.90. The summed E-state index contributed by atoms with van der Waals surface area (Å²) in [6.07, 6.45) is 4.20. The van der Waals surface area contributed by atoms with Crippen LogP contribution in [0.3, 0.4) is 0 Å². The van der Waals surface area contributed by atoms with E-state index in [1.165, 1.54) is 12.3 Å². The van der Waals surface area contributed by atoms with E-state index in [2.05, 4.69) is 4.98 Å². The average molecular weight is 288 g/mol. The van der Waals surface area contributed by atoms with Gasteiger partial charge in [-0.2, -0.15) is 0 Å². The summed E-state index contributed by atoms with van der Waals surface area (Å²) in [5.74, 6) is -0.315. The third-order valence-electron chi connectivity index (χ3n) is 4.97. The highest BCUT2D eigenvalue weighted by atomic mass is 16.5. The number of amides is 1. The first-order valence-electron chi connectivity index (χ1n) is 7.27. The molecule has 0 spiro atoms. The summed E-state index contributed by atoms with van der Waals surface area (Å²) >= 11 is 0. The van der Waals surface area contributed by atoms with Crippen molar-refractivity contribution in [3.8, 4) is 0 Å². The quantitative estimate of drug-likeness (QED) is 0.879. The van der Waals surface area contributed by atoms with Crippen LogP contribution in [0.1, 0.15) is 33.7 Å². The van der Waals surface area contributed by atoms with Gasteiger partial charge in [0.2, 0.25) is 0 Å². The van der Waals surface area contributed by atoms with E-state index < -0.39 is 5.97 Å². The lowest BCUT2D eigenvalue weighted by Gasteiger charge is -2.19. The molecular weight excluding hydrogens is 272 g/mol. The molecule has 21 heavy (non-hydrogen) atoms. The van der Waals surface area contributed by atoms with Crippen molar-refractivity contribution < 1.29 is 19.4 Å². The Balaban J connectivity index is 1.54.